The van der Waals surface area contributed by atoms with Crippen molar-refractivity contribution in [1.29, 1.82) is 0 Å². The van der Waals surface area contributed by atoms with Gasteiger partial charge in [-0.3, -0.25) is 14.4 Å². The molecule has 0 saturated carbocycles. The normalized spacial score (nSPS) is 18.6. The van der Waals surface area contributed by atoms with Gasteiger partial charge in [-0.05, 0) is 46.0 Å². The predicted molar refractivity (Wildman–Crippen MR) is 155 cm³/mol. The first-order valence-corrected chi connectivity index (χ1v) is 15.0. The number of esters is 1. The maximum Gasteiger partial charge on any atom is 0.307 e. The van der Waals surface area contributed by atoms with Gasteiger partial charge in [0.15, 0.2) is 5.79 Å². The third kappa shape index (κ3) is 14.9. The Kier molecular flexibility index (Phi) is 15.9. The lowest BCUT2D eigenvalue weighted by atomic mass is 9.85. The number of ether oxygens (including phenoxy) is 3. The van der Waals surface area contributed by atoms with Crippen molar-refractivity contribution in [3.8, 4) is 0 Å². The molecule has 0 aliphatic carbocycles. The minimum atomic E-state index is -0.827. The summed E-state index contributed by atoms with van der Waals surface area (Å²) < 4.78 is 16.7. The van der Waals surface area contributed by atoms with E-state index in [4.69, 9.17) is 14.2 Å². The van der Waals surface area contributed by atoms with E-state index in [0.29, 0.717) is 19.6 Å². The number of carbonyl (C=O) groups is 3. The van der Waals surface area contributed by atoms with Crippen molar-refractivity contribution < 1.29 is 28.6 Å². The molecule has 1 aliphatic rings. The van der Waals surface area contributed by atoms with Crippen LogP contribution in [0.5, 0.6) is 0 Å². The van der Waals surface area contributed by atoms with E-state index in [2.05, 4.69) is 29.7 Å². The second-order valence-electron chi connectivity index (χ2n) is 12.5. The third-order valence-corrected chi connectivity index (χ3v) is 7.08. The molecule has 0 spiro atoms. The Morgan fingerprint density at radius 1 is 0.923 bits per heavy atom. The summed E-state index contributed by atoms with van der Waals surface area (Å²) in [4.78, 5) is 37.2. The van der Waals surface area contributed by atoms with Crippen molar-refractivity contribution in [2.24, 2.45) is 10.8 Å². The predicted octanol–water partition coefficient (Wildman–Crippen LogP) is 5.83. The zero-order valence-electron chi connectivity index (χ0n) is 25.8. The first-order chi connectivity index (χ1) is 18.3. The Balaban J connectivity index is 2.11. The molecule has 1 fully saturated rings. The van der Waals surface area contributed by atoms with E-state index < -0.39 is 22.7 Å². The van der Waals surface area contributed by atoms with E-state index in [0.717, 1.165) is 25.7 Å². The Morgan fingerprint density at radius 2 is 1.59 bits per heavy atom. The van der Waals surface area contributed by atoms with Crippen LogP contribution in [0.2, 0.25) is 0 Å². The van der Waals surface area contributed by atoms with Crippen LogP contribution in [-0.4, -0.2) is 56.0 Å². The molecule has 1 saturated heterocycles. The number of unbranched alkanes of at least 4 members (excludes halogenated alkanes) is 6. The molecule has 1 rings (SSSR count). The van der Waals surface area contributed by atoms with E-state index in [1.807, 2.05) is 27.7 Å². The highest BCUT2D eigenvalue weighted by Gasteiger charge is 2.45. The number of nitrogens with one attached hydrogen (secondary N) is 2. The van der Waals surface area contributed by atoms with E-state index >= 15 is 0 Å². The standard InChI is InChI=1S/C31H56N2O6/c1-8-9-10-11-12-13-14-15-16-17-20-29(2,3)28(36)33-21-18-23-37-25(34)19-22-32-27(35)26-30(4,5)24-38-31(6,7)39-26/h9-10,26H,8,11-24H2,1-7H3,(H,32,35)(H,33,36). The molecule has 226 valence electrons. The lowest BCUT2D eigenvalue weighted by molar-refractivity contribution is -0.304. The van der Waals surface area contributed by atoms with Gasteiger partial charge in [0, 0.05) is 23.9 Å². The molecule has 39 heavy (non-hydrogen) atoms. The highest BCUT2D eigenvalue weighted by Crippen LogP contribution is 2.34. The molecule has 0 aromatic heterocycles. The zero-order valence-corrected chi connectivity index (χ0v) is 25.8. The Morgan fingerprint density at radius 3 is 2.28 bits per heavy atom. The van der Waals surface area contributed by atoms with Crippen molar-refractivity contribution in [1.82, 2.24) is 10.6 Å². The molecule has 1 atom stereocenters. The summed E-state index contributed by atoms with van der Waals surface area (Å²) in [6.07, 6.45) is 14.9. The second-order valence-corrected chi connectivity index (χ2v) is 12.5. The molecule has 1 aliphatic heterocycles. The largest absolute Gasteiger partial charge is 0.466 e. The van der Waals surface area contributed by atoms with Crippen molar-refractivity contribution in [2.75, 3.05) is 26.3 Å². The number of amides is 2. The number of hydrogen-bond acceptors (Lipinski definition) is 6. The van der Waals surface area contributed by atoms with E-state index in [1.54, 1.807) is 13.8 Å². The molecule has 1 heterocycles. The van der Waals surface area contributed by atoms with E-state index in [-0.39, 0.29) is 37.4 Å². The highest BCUT2D eigenvalue weighted by atomic mass is 16.7. The molecule has 0 aromatic carbocycles. The molecule has 0 bridgehead atoms. The van der Waals surface area contributed by atoms with Crippen molar-refractivity contribution in [3.05, 3.63) is 12.2 Å². The van der Waals surface area contributed by atoms with Crippen LogP contribution < -0.4 is 10.6 Å². The fourth-order valence-corrected chi connectivity index (χ4v) is 4.41. The van der Waals surface area contributed by atoms with Crippen LogP contribution in [0.25, 0.3) is 0 Å². The van der Waals surface area contributed by atoms with Crippen LogP contribution in [0, 0.1) is 10.8 Å². The van der Waals surface area contributed by atoms with E-state index in [1.165, 1.54) is 32.1 Å². The average molecular weight is 553 g/mol. The smallest absolute Gasteiger partial charge is 0.307 e. The Labute approximate surface area is 237 Å². The van der Waals surface area contributed by atoms with Crippen LogP contribution in [0.1, 0.15) is 119 Å². The van der Waals surface area contributed by atoms with Crippen molar-refractivity contribution in [2.45, 2.75) is 131 Å². The molecular formula is C31H56N2O6. The van der Waals surface area contributed by atoms with Gasteiger partial charge in [0.25, 0.3) is 0 Å². The molecule has 8 heteroatoms. The lowest BCUT2D eigenvalue weighted by Gasteiger charge is -2.44. The van der Waals surface area contributed by atoms with Crippen LogP contribution >= 0.6 is 0 Å². The summed E-state index contributed by atoms with van der Waals surface area (Å²) in [5.41, 5.74) is -0.873. The number of hydrogen-bond donors (Lipinski definition) is 2. The number of allylic oxidation sites excluding steroid dienone is 2. The minimum absolute atomic E-state index is 0.0423. The summed E-state index contributed by atoms with van der Waals surface area (Å²) in [6.45, 7) is 14.8. The lowest BCUT2D eigenvalue weighted by Crippen LogP contribution is -2.56. The highest BCUT2D eigenvalue weighted by molar-refractivity contribution is 5.82. The molecule has 0 aromatic rings. The third-order valence-electron chi connectivity index (χ3n) is 7.08. The molecule has 2 N–H and O–H groups in total. The van der Waals surface area contributed by atoms with Crippen LogP contribution in [-0.2, 0) is 28.6 Å². The first-order valence-electron chi connectivity index (χ1n) is 15.0. The van der Waals surface area contributed by atoms with Gasteiger partial charge in [-0.25, -0.2) is 0 Å². The van der Waals surface area contributed by atoms with Crippen LogP contribution in [0.3, 0.4) is 0 Å². The Hall–Kier alpha value is -1.93. The van der Waals surface area contributed by atoms with E-state index in [9.17, 15) is 14.4 Å². The van der Waals surface area contributed by atoms with Crippen LogP contribution in [0.4, 0.5) is 0 Å². The molecule has 0 radical (unpaired) electrons. The molecule has 8 nitrogen and oxygen atoms in total. The van der Waals surface area contributed by atoms with Gasteiger partial charge in [0.2, 0.25) is 11.8 Å². The fraction of sp³-hybridized carbons (Fsp3) is 0.839. The van der Waals surface area contributed by atoms with Gasteiger partial charge >= 0.3 is 5.97 Å². The zero-order chi connectivity index (χ0) is 29.4. The summed E-state index contributed by atoms with van der Waals surface area (Å²) in [6, 6.07) is 0. The molecular weight excluding hydrogens is 496 g/mol. The van der Waals surface area contributed by atoms with Crippen molar-refractivity contribution >= 4 is 17.8 Å². The van der Waals surface area contributed by atoms with Gasteiger partial charge in [0.05, 0.1) is 19.6 Å². The topological polar surface area (TPSA) is 103 Å². The van der Waals surface area contributed by atoms with Crippen molar-refractivity contribution in [3.63, 3.8) is 0 Å². The maximum absolute atomic E-state index is 12.6. The van der Waals surface area contributed by atoms with Gasteiger partial charge in [-0.1, -0.05) is 78.9 Å². The Bertz CT molecular complexity index is 775. The quantitative estimate of drug-likeness (QED) is 0.119. The summed E-state index contributed by atoms with van der Waals surface area (Å²) in [5, 5.41) is 5.74. The monoisotopic (exact) mass is 552 g/mol. The first kappa shape index (κ1) is 35.1. The van der Waals surface area contributed by atoms with Crippen LogP contribution in [0.15, 0.2) is 12.2 Å². The number of carbonyl (C=O) groups excluding carboxylic acids is 3. The van der Waals surface area contributed by atoms with Gasteiger partial charge in [-0.15, -0.1) is 0 Å². The number of rotatable bonds is 19. The summed E-state index contributed by atoms with van der Waals surface area (Å²) in [7, 11) is 0. The second kappa shape index (κ2) is 17.7. The minimum Gasteiger partial charge on any atom is -0.466 e. The van der Waals surface area contributed by atoms with Gasteiger partial charge in [-0.2, -0.15) is 0 Å². The maximum atomic E-state index is 12.6. The fourth-order valence-electron chi connectivity index (χ4n) is 4.41. The summed E-state index contributed by atoms with van der Waals surface area (Å²) >= 11 is 0. The summed E-state index contributed by atoms with van der Waals surface area (Å²) in [5.74, 6) is -1.43. The average Bonchev–Trinajstić information content (AvgIpc) is 2.86. The molecule has 1 unspecified atom stereocenters. The molecule has 2 amide bonds. The van der Waals surface area contributed by atoms with Gasteiger partial charge < -0.3 is 24.8 Å². The SMILES string of the molecule is CCC=CCCCCCCCCC(C)(C)C(=O)NCCCOC(=O)CCNC(=O)C1OC(C)(C)OCC1(C)C. The van der Waals surface area contributed by atoms with Gasteiger partial charge in [0.1, 0.15) is 6.10 Å².